The Morgan fingerprint density at radius 3 is 2.89 bits per heavy atom. The number of benzene rings is 1. The van der Waals surface area contributed by atoms with Gasteiger partial charge in [0.2, 0.25) is 0 Å². The van der Waals surface area contributed by atoms with Gasteiger partial charge in [-0.1, -0.05) is 28.4 Å². The van der Waals surface area contributed by atoms with Crippen LogP contribution >= 0.6 is 23.2 Å². The molecule has 0 fully saturated rings. The number of halogens is 2. The number of phenolic OH excluding ortho intramolecular Hbond substituents is 1. The summed E-state index contributed by atoms with van der Waals surface area (Å²) in [5.41, 5.74) is 1.06. The van der Waals surface area contributed by atoms with Crippen LogP contribution in [0.2, 0.25) is 10.0 Å². The largest absolute Gasteiger partial charge is 0.506 e. The van der Waals surface area contributed by atoms with E-state index in [1.54, 1.807) is 18.4 Å². The molecule has 0 radical (unpaired) electrons. The maximum Gasteiger partial charge on any atom is 0.190 e. The second-order valence-electron chi connectivity index (χ2n) is 4.14. The Balaban J connectivity index is 1.89. The van der Waals surface area contributed by atoms with Gasteiger partial charge in [0.15, 0.2) is 6.10 Å². The molecule has 1 atom stereocenters. The fourth-order valence-electron chi connectivity index (χ4n) is 1.95. The molecule has 2 heterocycles. The number of hydrogen-bond donors (Lipinski definition) is 1. The summed E-state index contributed by atoms with van der Waals surface area (Å²) in [7, 11) is 0. The van der Waals surface area contributed by atoms with Crippen molar-refractivity contribution in [3.63, 3.8) is 0 Å². The summed E-state index contributed by atoms with van der Waals surface area (Å²) in [4.78, 5) is 5.30. The van der Waals surface area contributed by atoms with Crippen LogP contribution in [0.25, 0.3) is 0 Å². The van der Waals surface area contributed by atoms with Crippen molar-refractivity contribution < 1.29 is 14.4 Å². The Hall–Kier alpha value is -1.65. The van der Waals surface area contributed by atoms with Crippen LogP contribution in [0.15, 0.2) is 40.1 Å². The van der Waals surface area contributed by atoms with Gasteiger partial charge in [0.1, 0.15) is 11.5 Å². The summed E-state index contributed by atoms with van der Waals surface area (Å²) in [6.45, 7) is 0. The van der Waals surface area contributed by atoms with Gasteiger partial charge in [-0.3, -0.25) is 0 Å². The van der Waals surface area contributed by atoms with Gasteiger partial charge in [0.05, 0.1) is 17.0 Å². The lowest BCUT2D eigenvalue weighted by Crippen LogP contribution is -2.01. The van der Waals surface area contributed by atoms with Crippen molar-refractivity contribution >= 4 is 28.9 Å². The van der Waals surface area contributed by atoms with Crippen molar-refractivity contribution in [1.82, 2.24) is 0 Å². The molecule has 1 unspecified atom stereocenters. The Morgan fingerprint density at radius 1 is 1.32 bits per heavy atom. The Morgan fingerprint density at radius 2 is 2.16 bits per heavy atom. The van der Waals surface area contributed by atoms with Crippen molar-refractivity contribution in [3.8, 4) is 5.75 Å². The van der Waals surface area contributed by atoms with Crippen LogP contribution in [0.3, 0.4) is 0 Å². The number of rotatable bonds is 2. The predicted octanol–water partition coefficient (Wildman–Crippen LogP) is 4.16. The molecule has 1 aromatic carbocycles. The highest BCUT2D eigenvalue weighted by Gasteiger charge is 2.28. The smallest absolute Gasteiger partial charge is 0.190 e. The van der Waals surface area contributed by atoms with Crippen LogP contribution < -0.4 is 0 Å². The summed E-state index contributed by atoms with van der Waals surface area (Å²) in [6.07, 6.45) is 1.77. The molecule has 19 heavy (non-hydrogen) atoms. The van der Waals surface area contributed by atoms with Gasteiger partial charge in [-0.25, -0.2) is 0 Å². The lowest BCUT2D eigenvalue weighted by Gasteiger charge is -2.06. The summed E-state index contributed by atoms with van der Waals surface area (Å²) >= 11 is 11.8. The lowest BCUT2D eigenvalue weighted by atomic mass is 10.0. The minimum atomic E-state index is -0.290. The van der Waals surface area contributed by atoms with Crippen molar-refractivity contribution in [1.29, 1.82) is 0 Å². The second-order valence-corrected chi connectivity index (χ2v) is 4.98. The van der Waals surface area contributed by atoms with Crippen molar-refractivity contribution in [3.05, 3.63) is 51.9 Å². The number of nitrogens with zero attached hydrogens (tertiary/aromatic N) is 1. The molecule has 0 saturated heterocycles. The average molecular weight is 298 g/mol. The zero-order chi connectivity index (χ0) is 13.4. The highest BCUT2D eigenvalue weighted by Crippen LogP contribution is 2.36. The van der Waals surface area contributed by atoms with E-state index in [4.69, 9.17) is 32.5 Å². The molecule has 4 nitrogen and oxygen atoms in total. The third-order valence-electron chi connectivity index (χ3n) is 2.87. The topological polar surface area (TPSA) is 55.0 Å². The quantitative estimate of drug-likeness (QED) is 0.905. The maximum atomic E-state index is 9.95. The molecule has 0 bridgehead atoms. The monoisotopic (exact) mass is 297 g/mol. The van der Waals surface area contributed by atoms with E-state index in [9.17, 15) is 5.11 Å². The zero-order valence-electron chi connectivity index (χ0n) is 9.64. The van der Waals surface area contributed by atoms with E-state index >= 15 is 0 Å². The molecule has 1 aromatic heterocycles. The van der Waals surface area contributed by atoms with Gasteiger partial charge in [-0.15, -0.1) is 0 Å². The zero-order valence-corrected chi connectivity index (χ0v) is 11.1. The van der Waals surface area contributed by atoms with Crippen LogP contribution in [0.5, 0.6) is 5.75 Å². The fraction of sp³-hybridized carbons (Fsp3) is 0.154. The summed E-state index contributed by atoms with van der Waals surface area (Å²) < 4.78 is 5.27. The normalized spacial score (nSPS) is 18.2. The van der Waals surface area contributed by atoms with Gasteiger partial charge in [0.25, 0.3) is 0 Å². The van der Waals surface area contributed by atoms with Gasteiger partial charge in [0, 0.05) is 17.0 Å². The second kappa shape index (κ2) is 4.79. The molecule has 1 N–H and O–H groups in total. The number of hydrogen-bond acceptors (Lipinski definition) is 4. The number of furan rings is 1. The fourth-order valence-corrected chi connectivity index (χ4v) is 2.44. The highest BCUT2D eigenvalue weighted by atomic mass is 35.5. The first-order valence-corrected chi connectivity index (χ1v) is 6.35. The van der Waals surface area contributed by atoms with Crippen LogP contribution in [0.4, 0.5) is 0 Å². The van der Waals surface area contributed by atoms with Gasteiger partial charge >= 0.3 is 0 Å². The molecule has 98 valence electrons. The van der Waals surface area contributed by atoms with Crippen molar-refractivity contribution in [2.75, 3.05) is 0 Å². The Labute approximate surface area is 119 Å². The minimum Gasteiger partial charge on any atom is -0.506 e. The Bertz CT molecular complexity index is 638. The molecule has 1 aliphatic rings. The van der Waals surface area contributed by atoms with E-state index in [0.717, 1.165) is 0 Å². The standard InChI is InChI=1S/C13H9Cl2NO3/c14-7-4-8(13(17)9(15)5-7)10-6-12(19-16-10)11-2-1-3-18-11/h1-5,12,17H,6H2. The van der Waals surface area contributed by atoms with Crippen LogP contribution in [0, 0.1) is 0 Å². The van der Waals surface area contributed by atoms with Gasteiger partial charge in [-0.2, -0.15) is 0 Å². The molecule has 3 rings (SSSR count). The number of phenols is 1. The van der Waals surface area contributed by atoms with E-state index < -0.39 is 0 Å². The van der Waals surface area contributed by atoms with Crippen molar-refractivity contribution in [2.24, 2.45) is 5.16 Å². The highest BCUT2D eigenvalue weighted by molar-refractivity contribution is 6.36. The molecular formula is C13H9Cl2NO3. The van der Waals surface area contributed by atoms with E-state index in [1.807, 2.05) is 6.07 Å². The average Bonchev–Trinajstić information content (AvgIpc) is 3.03. The Kier molecular flexibility index (Phi) is 3.12. The number of oxime groups is 1. The molecule has 0 aliphatic carbocycles. The first-order valence-electron chi connectivity index (χ1n) is 5.59. The van der Waals surface area contributed by atoms with E-state index in [2.05, 4.69) is 5.16 Å². The van der Waals surface area contributed by atoms with E-state index in [-0.39, 0.29) is 16.9 Å². The molecule has 2 aromatic rings. The lowest BCUT2D eigenvalue weighted by molar-refractivity contribution is 0.0689. The SMILES string of the molecule is Oc1c(Cl)cc(Cl)cc1C1=NOC(c2ccco2)C1. The summed E-state index contributed by atoms with van der Waals surface area (Å²) in [5, 5.41) is 14.5. The molecule has 6 heteroatoms. The summed E-state index contributed by atoms with van der Waals surface area (Å²) in [5.74, 6) is 0.639. The predicted molar refractivity (Wildman–Crippen MR) is 71.8 cm³/mol. The van der Waals surface area contributed by atoms with Crippen LogP contribution in [0.1, 0.15) is 23.8 Å². The van der Waals surface area contributed by atoms with Gasteiger partial charge in [-0.05, 0) is 24.3 Å². The third kappa shape index (κ3) is 2.29. The molecule has 0 saturated carbocycles. The minimum absolute atomic E-state index is 0.0477. The first-order chi connectivity index (χ1) is 9.15. The van der Waals surface area contributed by atoms with Crippen LogP contribution in [-0.4, -0.2) is 10.8 Å². The van der Waals surface area contributed by atoms with E-state index in [0.29, 0.717) is 28.5 Å². The molecule has 1 aliphatic heterocycles. The number of aromatic hydroxyl groups is 1. The van der Waals surface area contributed by atoms with Crippen molar-refractivity contribution in [2.45, 2.75) is 12.5 Å². The van der Waals surface area contributed by atoms with Gasteiger partial charge < -0.3 is 14.4 Å². The summed E-state index contributed by atoms with van der Waals surface area (Å²) in [6, 6.07) is 6.68. The molecular weight excluding hydrogens is 289 g/mol. The molecule has 0 amide bonds. The first kappa shape index (κ1) is 12.4. The van der Waals surface area contributed by atoms with E-state index in [1.165, 1.54) is 6.07 Å². The third-order valence-corrected chi connectivity index (χ3v) is 3.37. The van der Waals surface area contributed by atoms with Crippen LogP contribution in [-0.2, 0) is 4.84 Å². The molecule has 0 spiro atoms. The maximum absolute atomic E-state index is 9.95.